The maximum atomic E-state index is 13.1. The molecule has 2 heterocycles. The zero-order valence-corrected chi connectivity index (χ0v) is 20.9. The quantitative estimate of drug-likeness (QED) is 0.307. The minimum Gasteiger partial charge on any atom is -0.372 e. The second-order valence-corrected chi connectivity index (χ2v) is 8.89. The monoisotopic (exact) mass is 527 g/mol. The molecule has 1 aliphatic rings. The molecule has 4 rings (SSSR count). The van der Waals surface area contributed by atoms with Gasteiger partial charge in [-0.1, -0.05) is 12.1 Å². The molecule has 0 unspecified atom stereocenters. The first-order valence-electron chi connectivity index (χ1n) is 12.1. The highest BCUT2D eigenvalue weighted by Crippen LogP contribution is 2.30. The summed E-state index contributed by atoms with van der Waals surface area (Å²) in [5, 5.41) is 14.9. The predicted molar refractivity (Wildman–Crippen MR) is 140 cm³/mol. The molecule has 5 N–H and O–H groups in total. The van der Waals surface area contributed by atoms with E-state index in [1.54, 1.807) is 26.1 Å². The summed E-state index contributed by atoms with van der Waals surface area (Å²) >= 11 is 0. The number of nitrogens with one attached hydrogen (secondary N) is 5. The molecule has 0 saturated carbocycles. The van der Waals surface area contributed by atoms with E-state index in [-0.39, 0.29) is 17.2 Å². The normalized spacial score (nSPS) is 14.0. The SMILES string of the molecule is CNc1nc(NC2CCNCC2)ncc1C(=O)Nc1cc(NC(=O)c2cccc(C(F)(F)F)c2)ccc1C. The van der Waals surface area contributed by atoms with Crippen molar-refractivity contribution in [3.05, 3.63) is 70.9 Å². The summed E-state index contributed by atoms with van der Waals surface area (Å²) in [6.07, 6.45) is -1.23. The number of benzene rings is 2. The average Bonchev–Trinajstić information content (AvgIpc) is 2.90. The van der Waals surface area contributed by atoms with Crippen LogP contribution in [-0.2, 0) is 6.18 Å². The minimum absolute atomic E-state index is 0.139. The van der Waals surface area contributed by atoms with Gasteiger partial charge in [-0.25, -0.2) is 4.98 Å². The Kier molecular flexibility index (Phi) is 8.10. The highest BCUT2D eigenvalue weighted by Gasteiger charge is 2.31. The Morgan fingerprint density at radius 1 is 1.03 bits per heavy atom. The minimum atomic E-state index is -4.56. The summed E-state index contributed by atoms with van der Waals surface area (Å²) in [6.45, 7) is 3.60. The van der Waals surface area contributed by atoms with Crippen LogP contribution in [0.25, 0.3) is 0 Å². The Bertz CT molecular complexity index is 1320. The lowest BCUT2D eigenvalue weighted by Crippen LogP contribution is -2.35. The fourth-order valence-electron chi connectivity index (χ4n) is 4.02. The Morgan fingerprint density at radius 3 is 2.50 bits per heavy atom. The zero-order chi connectivity index (χ0) is 27.3. The molecule has 3 aromatic rings. The number of halogens is 3. The van der Waals surface area contributed by atoms with E-state index in [1.165, 1.54) is 24.4 Å². The van der Waals surface area contributed by atoms with Crippen molar-refractivity contribution in [2.75, 3.05) is 41.4 Å². The third-order valence-electron chi connectivity index (χ3n) is 6.14. The fraction of sp³-hybridized carbons (Fsp3) is 0.308. The van der Waals surface area contributed by atoms with Gasteiger partial charge in [-0.15, -0.1) is 0 Å². The Hall–Kier alpha value is -4.19. The molecule has 2 aromatic carbocycles. The number of alkyl halides is 3. The number of carbonyl (C=O) groups is 2. The van der Waals surface area contributed by atoms with E-state index in [4.69, 9.17) is 0 Å². The smallest absolute Gasteiger partial charge is 0.372 e. The van der Waals surface area contributed by atoms with Gasteiger partial charge in [0.2, 0.25) is 5.95 Å². The van der Waals surface area contributed by atoms with E-state index in [2.05, 4.69) is 36.6 Å². The zero-order valence-electron chi connectivity index (χ0n) is 20.9. The fourth-order valence-corrected chi connectivity index (χ4v) is 4.02. The summed E-state index contributed by atoms with van der Waals surface area (Å²) in [6, 6.07) is 9.21. The largest absolute Gasteiger partial charge is 0.416 e. The highest BCUT2D eigenvalue weighted by atomic mass is 19.4. The van der Waals surface area contributed by atoms with Gasteiger partial charge in [-0.3, -0.25) is 9.59 Å². The third-order valence-corrected chi connectivity index (χ3v) is 6.14. The van der Waals surface area contributed by atoms with Crippen molar-refractivity contribution in [1.82, 2.24) is 15.3 Å². The maximum absolute atomic E-state index is 13.1. The number of rotatable bonds is 7. The molecule has 1 saturated heterocycles. The standard InChI is InChI=1S/C26H28F3N7O2/c1-15-6-7-19(33-23(37)16-4-3-5-17(12-16)26(27,28)29)13-21(15)35-24(38)20-14-32-25(36-22(20)30-2)34-18-8-10-31-11-9-18/h3-7,12-14,18,31H,8-11H2,1-2H3,(H,33,37)(H,35,38)(H2,30,32,34,36). The van der Waals surface area contributed by atoms with Crippen LogP contribution in [0.5, 0.6) is 0 Å². The van der Waals surface area contributed by atoms with Gasteiger partial charge >= 0.3 is 6.18 Å². The number of anilines is 4. The number of aromatic nitrogens is 2. The first kappa shape index (κ1) is 26.9. The molecule has 1 aliphatic heterocycles. The lowest BCUT2D eigenvalue weighted by atomic mass is 10.1. The Labute approximate surface area is 217 Å². The molecule has 1 aromatic heterocycles. The van der Waals surface area contributed by atoms with Crippen LogP contribution in [0.15, 0.2) is 48.7 Å². The summed E-state index contributed by atoms with van der Waals surface area (Å²) in [4.78, 5) is 34.4. The molecule has 0 aliphatic carbocycles. The lowest BCUT2D eigenvalue weighted by Gasteiger charge is -2.23. The van der Waals surface area contributed by atoms with E-state index in [0.29, 0.717) is 28.7 Å². The number of aryl methyl sites for hydroxylation is 1. The van der Waals surface area contributed by atoms with Crippen molar-refractivity contribution in [2.24, 2.45) is 0 Å². The first-order chi connectivity index (χ1) is 18.1. The second-order valence-electron chi connectivity index (χ2n) is 8.89. The Morgan fingerprint density at radius 2 is 1.79 bits per heavy atom. The molecule has 200 valence electrons. The lowest BCUT2D eigenvalue weighted by molar-refractivity contribution is -0.137. The van der Waals surface area contributed by atoms with Crippen LogP contribution in [0.4, 0.5) is 36.3 Å². The molecule has 38 heavy (non-hydrogen) atoms. The molecule has 0 radical (unpaired) electrons. The number of hydrogen-bond acceptors (Lipinski definition) is 7. The maximum Gasteiger partial charge on any atom is 0.416 e. The van der Waals surface area contributed by atoms with Crippen LogP contribution in [0, 0.1) is 6.92 Å². The molecule has 0 spiro atoms. The van der Waals surface area contributed by atoms with Gasteiger partial charge in [0.1, 0.15) is 11.4 Å². The topological polar surface area (TPSA) is 120 Å². The Balaban J connectivity index is 1.47. The summed E-state index contributed by atoms with van der Waals surface area (Å²) in [7, 11) is 1.66. The van der Waals surface area contributed by atoms with Gasteiger partial charge < -0.3 is 26.6 Å². The highest BCUT2D eigenvalue weighted by molar-refractivity contribution is 6.08. The predicted octanol–water partition coefficient (Wildman–Crippen LogP) is 4.51. The van der Waals surface area contributed by atoms with E-state index in [1.807, 2.05) is 0 Å². The first-order valence-corrected chi connectivity index (χ1v) is 12.1. The van der Waals surface area contributed by atoms with Crippen LogP contribution in [0.1, 0.15) is 44.7 Å². The van der Waals surface area contributed by atoms with Crippen LogP contribution in [0.3, 0.4) is 0 Å². The van der Waals surface area contributed by atoms with E-state index in [9.17, 15) is 22.8 Å². The second kappa shape index (κ2) is 11.5. The van der Waals surface area contributed by atoms with Crippen molar-refractivity contribution in [2.45, 2.75) is 32.0 Å². The number of nitrogens with zero attached hydrogens (tertiary/aromatic N) is 2. The van der Waals surface area contributed by atoms with Crippen molar-refractivity contribution in [3.8, 4) is 0 Å². The molecule has 9 nitrogen and oxygen atoms in total. The van der Waals surface area contributed by atoms with E-state index < -0.39 is 23.6 Å². The van der Waals surface area contributed by atoms with Crippen LogP contribution in [-0.4, -0.2) is 48.0 Å². The van der Waals surface area contributed by atoms with Crippen molar-refractivity contribution >= 4 is 35.0 Å². The summed E-state index contributed by atoms with van der Waals surface area (Å²) < 4.78 is 39.0. The summed E-state index contributed by atoms with van der Waals surface area (Å²) in [5.74, 6) is -0.402. The van der Waals surface area contributed by atoms with Gasteiger partial charge in [-0.2, -0.15) is 18.2 Å². The van der Waals surface area contributed by atoms with Gasteiger partial charge in [0.15, 0.2) is 0 Å². The van der Waals surface area contributed by atoms with Gasteiger partial charge in [0, 0.05) is 36.2 Å². The molecule has 0 atom stereocenters. The van der Waals surface area contributed by atoms with Crippen LogP contribution < -0.4 is 26.6 Å². The molecular formula is C26H28F3N7O2. The van der Waals surface area contributed by atoms with Crippen LogP contribution >= 0.6 is 0 Å². The van der Waals surface area contributed by atoms with Crippen molar-refractivity contribution in [1.29, 1.82) is 0 Å². The number of amides is 2. The van der Waals surface area contributed by atoms with E-state index in [0.717, 1.165) is 38.1 Å². The average molecular weight is 528 g/mol. The number of piperidine rings is 1. The summed E-state index contributed by atoms with van der Waals surface area (Å²) in [5.41, 5.74) is 0.602. The van der Waals surface area contributed by atoms with Gasteiger partial charge in [0.25, 0.3) is 11.8 Å². The molecular weight excluding hydrogens is 499 g/mol. The van der Waals surface area contributed by atoms with Crippen molar-refractivity contribution in [3.63, 3.8) is 0 Å². The van der Waals surface area contributed by atoms with Gasteiger partial charge in [-0.05, 0) is 68.8 Å². The molecule has 1 fully saturated rings. The third kappa shape index (κ3) is 6.57. The van der Waals surface area contributed by atoms with Gasteiger partial charge in [0.05, 0.1) is 5.56 Å². The van der Waals surface area contributed by atoms with Crippen molar-refractivity contribution < 1.29 is 22.8 Å². The van der Waals surface area contributed by atoms with E-state index >= 15 is 0 Å². The molecule has 0 bridgehead atoms. The number of carbonyl (C=O) groups excluding carboxylic acids is 2. The number of hydrogen-bond donors (Lipinski definition) is 5. The molecule has 12 heteroatoms. The van der Waals surface area contributed by atoms with Crippen LogP contribution in [0.2, 0.25) is 0 Å². The molecule has 2 amide bonds.